The monoisotopic (exact) mass is 428 g/mol. The summed E-state index contributed by atoms with van der Waals surface area (Å²) in [6.45, 7) is 12.6. The van der Waals surface area contributed by atoms with Crippen LogP contribution in [0.25, 0.3) is 11.0 Å². The van der Waals surface area contributed by atoms with Gasteiger partial charge >= 0.3 is 5.97 Å². The van der Waals surface area contributed by atoms with Gasteiger partial charge in [0.05, 0.1) is 24.7 Å². The topological polar surface area (TPSA) is 85.2 Å². The number of carbonyl (C=O) groups excluding carboxylic acids is 2. The number of aromatic nitrogens is 2. The van der Waals surface area contributed by atoms with Gasteiger partial charge in [-0.25, -0.2) is 9.78 Å². The van der Waals surface area contributed by atoms with Crippen LogP contribution in [0.4, 0.5) is 11.4 Å². The van der Waals surface area contributed by atoms with Crippen LogP contribution in [0.5, 0.6) is 0 Å². The number of nitrogens with zero attached hydrogens (tertiary/aromatic N) is 2. The molecule has 2 aromatic rings. The number of aryl methyl sites for hydroxylation is 1. The number of ether oxygens (including phenoxy) is 1. The van der Waals surface area contributed by atoms with Gasteiger partial charge in [0.15, 0.2) is 5.69 Å². The minimum atomic E-state index is -0.491. The molecule has 0 unspecified atom stereocenters. The Labute approximate surface area is 185 Å². The van der Waals surface area contributed by atoms with E-state index in [1.54, 1.807) is 6.20 Å². The smallest absolute Gasteiger partial charge is 0.356 e. The van der Waals surface area contributed by atoms with Gasteiger partial charge in [-0.2, -0.15) is 0 Å². The van der Waals surface area contributed by atoms with Crippen molar-refractivity contribution in [2.45, 2.75) is 73.4 Å². The van der Waals surface area contributed by atoms with Crippen molar-refractivity contribution in [3.8, 4) is 0 Å². The molecule has 2 aromatic heterocycles. The third-order valence-electron chi connectivity index (χ3n) is 5.07. The van der Waals surface area contributed by atoms with E-state index in [1.807, 2.05) is 10.6 Å². The molecule has 0 aliphatic rings. The standard InChI is InChI=1S/C24H36N4O3/c1-15(2)9-8-10-17(5)26-19-13-20-21(27-18(6)29)22(24(30)31-7)28(12-11-16(3)4)23(20)25-14-19/h9,13-14,16-17,26H,8,10-12H2,1-7H3,(H,27,29)/t17-/m1/s1. The Bertz CT molecular complexity index is 955. The fourth-order valence-corrected chi connectivity index (χ4v) is 3.50. The number of hydrogen-bond acceptors (Lipinski definition) is 5. The van der Waals surface area contributed by atoms with Crippen LogP contribution in [0.2, 0.25) is 0 Å². The highest BCUT2D eigenvalue weighted by molar-refractivity contribution is 6.10. The maximum atomic E-state index is 12.6. The number of esters is 1. The number of pyridine rings is 1. The highest BCUT2D eigenvalue weighted by Crippen LogP contribution is 2.33. The number of methoxy groups -OCH3 is 1. The fourth-order valence-electron chi connectivity index (χ4n) is 3.50. The summed E-state index contributed by atoms with van der Waals surface area (Å²) in [4.78, 5) is 29.2. The number of allylic oxidation sites excluding steroid dienone is 2. The molecule has 0 saturated carbocycles. The quantitative estimate of drug-likeness (QED) is 0.392. The van der Waals surface area contributed by atoms with E-state index in [0.29, 0.717) is 29.5 Å². The molecule has 0 aromatic carbocycles. The lowest BCUT2D eigenvalue weighted by atomic mass is 10.1. The minimum absolute atomic E-state index is 0.249. The van der Waals surface area contributed by atoms with Crippen LogP contribution in [-0.4, -0.2) is 34.6 Å². The molecule has 2 rings (SSSR count). The highest BCUT2D eigenvalue weighted by atomic mass is 16.5. The number of carbonyl (C=O) groups is 2. The predicted molar refractivity (Wildman–Crippen MR) is 127 cm³/mol. The number of amides is 1. The zero-order chi connectivity index (χ0) is 23.1. The van der Waals surface area contributed by atoms with Gasteiger partial charge in [0.2, 0.25) is 5.91 Å². The van der Waals surface area contributed by atoms with E-state index >= 15 is 0 Å². The first-order valence-electron chi connectivity index (χ1n) is 10.9. The molecule has 0 radical (unpaired) electrons. The second-order valence-electron chi connectivity index (χ2n) is 8.73. The third-order valence-corrected chi connectivity index (χ3v) is 5.07. The number of hydrogen-bond donors (Lipinski definition) is 2. The maximum absolute atomic E-state index is 12.6. The average molecular weight is 429 g/mol. The Morgan fingerprint density at radius 2 is 1.90 bits per heavy atom. The fraction of sp³-hybridized carbons (Fsp3) is 0.542. The third kappa shape index (κ3) is 6.57. The van der Waals surface area contributed by atoms with Crippen molar-refractivity contribution in [3.05, 3.63) is 29.6 Å². The van der Waals surface area contributed by atoms with Crippen molar-refractivity contribution in [2.24, 2.45) is 5.92 Å². The molecule has 1 amide bonds. The Balaban J connectivity index is 2.49. The van der Waals surface area contributed by atoms with Gasteiger partial charge < -0.3 is 19.9 Å². The van der Waals surface area contributed by atoms with Gasteiger partial charge in [0, 0.05) is 24.9 Å². The zero-order valence-corrected chi connectivity index (χ0v) is 19.8. The number of rotatable bonds is 10. The van der Waals surface area contributed by atoms with E-state index < -0.39 is 5.97 Å². The van der Waals surface area contributed by atoms with Crippen molar-refractivity contribution >= 4 is 34.3 Å². The number of nitrogens with one attached hydrogen (secondary N) is 2. The average Bonchev–Trinajstić information content (AvgIpc) is 2.97. The summed E-state index contributed by atoms with van der Waals surface area (Å²) in [5.74, 6) is -0.286. The summed E-state index contributed by atoms with van der Waals surface area (Å²) in [6, 6.07) is 2.20. The van der Waals surface area contributed by atoms with Crippen molar-refractivity contribution in [3.63, 3.8) is 0 Å². The molecule has 0 aliphatic heterocycles. The van der Waals surface area contributed by atoms with Gasteiger partial charge in [0.1, 0.15) is 5.65 Å². The molecule has 0 saturated heterocycles. The van der Waals surface area contributed by atoms with Crippen molar-refractivity contribution in [1.29, 1.82) is 0 Å². The van der Waals surface area contributed by atoms with Gasteiger partial charge in [-0.3, -0.25) is 4.79 Å². The van der Waals surface area contributed by atoms with Crippen LogP contribution in [0.15, 0.2) is 23.9 Å². The molecule has 7 heteroatoms. The summed E-state index contributed by atoms with van der Waals surface area (Å²) in [6.07, 6.45) is 6.87. The molecule has 170 valence electrons. The highest BCUT2D eigenvalue weighted by Gasteiger charge is 2.25. The molecule has 7 nitrogen and oxygen atoms in total. The normalized spacial score (nSPS) is 12.0. The molecule has 0 aliphatic carbocycles. The lowest BCUT2D eigenvalue weighted by Gasteiger charge is -2.14. The Hall–Kier alpha value is -2.83. The van der Waals surface area contributed by atoms with Crippen LogP contribution in [0.3, 0.4) is 0 Å². The molecular formula is C24H36N4O3. The van der Waals surface area contributed by atoms with Gasteiger partial charge in [0.25, 0.3) is 0 Å². The van der Waals surface area contributed by atoms with Gasteiger partial charge in [-0.15, -0.1) is 0 Å². The van der Waals surface area contributed by atoms with E-state index in [9.17, 15) is 9.59 Å². The second kappa shape index (κ2) is 11.0. The summed E-state index contributed by atoms with van der Waals surface area (Å²) in [5.41, 5.74) is 3.60. The molecule has 0 spiro atoms. The van der Waals surface area contributed by atoms with E-state index in [1.165, 1.54) is 19.6 Å². The van der Waals surface area contributed by atoms with E-state index in [2.05, 4.69) is 56.3 Å². The zero-order valence-electron chi connectivity index (χ0n) is 19.8. The van der Waals surface area contributed by atoms with E-state index in [4.69, 9.17) is 4.74 Å². The molecular weight excluding hydrogens is 392 g/mol. The van der Waals surface area contributed by atoms with Gasteiger partial charge in [-0.1, -0.05) is 25.5 Å². The largest absolute Gasteiger partial charge is 0.464 e. The summed E-state index contributed by atoms with van der Waals surface area (Å²) >= 11 is 0. The molecule has 31 heavy (non-hydrogen) atoms. The Morgan fingerprint density at radius 1 is 1.19 bits per heavy atom. The van der Waals surface area contributed by atoms with Crippen LogP contribution < -0.4 is 10.6 Å². The van der Waals surface area contributed by atoms with Crippen LogP contribution >= 0.6 is 0 Å². The van der Waals surface area contributed by atoms with Crippen LogP contribution in [0, 0.1) is 5.92 Å². The SMILES string of the molecule is COC(=O)c1c(NC(C)=O)c2cc(N[C@H](C)CCC=C(C)C)cnc2n1CCC(C)C. The van der Waals surface area contributed by atoms with Gasteiger partial charge in [-0.05, 0) is 52.0 Å². The van der Waals surface area contributed by atoms with Crippen LogP contribution in [-0.2, 0) is 16.1 Å². The molecule has 2 N–H and O–H groups in total. The van der Waals surface area contributed by atoms with Crippen molar-refractivity contribution < 1.29 is 14.3 Å². The van der Waals surface area contributed by atoms with Crippen molar-refractivity contribution in [2.75, 3.05) is 17.7 Å². The molecule has 2 heterocycles. The van der Waals surface area contributed by atoms with E-state index in [0.717, 1.165) is 30.3 Å². The van der Waals surface area contributed by atoms with E-state index in [-0.39, 0.29) is 11.9 Å². The number of anilines is 2. The molecule has 1 atom stereocenters. The second-order valence-corrected chi connectivity index (χ2v) is 8.73. The first-order chi connectivity index (χ1) is 14.6. The van der Waals surface area contributed by atoms with Crippen LogP contribution in [0.1, 0.15) is 71.3 Å². The molecule has 0 bridgehead atoms. The summed E-state index contributed by atoms with van der Waals surface area (Å²) in [5, 5.41) is 7.03. The summed E-state index contributed by atoms with van der Waals surface area (Å²) < 4.78 is 6.89. The Morgan fingerprint density at radius 3 is 2.48 bits per heavy atom. The summed E-state index contributed by atoms with van der Waals surface area (Å²) in [7, 11) is 1.35. The Kier molecular flexibility index (Phi) is 8.65. The van der Waals surface area contributed by atoms with Crippen molar-refractivity contribution in [1.82, 2.24) is 9.55 Å². The first kappa shape index (κ1) is 24.4. The molecule has 0 fully saturated rings. The number of fused-ring (bicyclic) bond motifs is 1. The lowest BCUT2D eigenvalue weighted by molar-refractivity contribution is -0.114. The predicted octanol–water partition coefficient (Wildman–Crippen LogP) is 5.37. The lowest BCUT2D eigenvalue weighted by Crippen LogP contribution is -2.16. The first-order valence-corrected chi connectivity index (χ1v) is 10.9. The maximum Gasteiger partial charge on any atom is 0.356 e. The minimum Gasteiger partial charge on any atom is -0.464 e.